The first-order chi connectivity index (χ1) is 10.1. The number of aliphatic carboxylic acids is 1. The first kappa shape index (κ1) is 15.5. The Morgan fingerprint density at radius 1 is 1.52 bits per heavy atom. The summed E-state index contributed by atoms with van der Waals surface area (Å²) in [6.07, 6.45) is 4.28. The van der Waals surface area contributed by atoms with Crippen molar-refractivity contribution in [2.24, 2.45) is 0 Å². The number of likely N-dealkylation sites (tertiary alicyclic amines) is 1. The summed E-state index contributed by atoms with van der Waals surface area (Å²) < 4.78 is 5.24. The first-order valence-electron chi connectivity index (χ1n) is 7.07. The van der Waals surface area contributed by atoms with Gasteiger partial charge in [0.15, 0.2) is 0 Å². The fourth-order valence-corrected chi connectivity index (χ4v) is 2.59. The number of benzene rings is 1. The Morgan fingerprint density at radius 2 is 2.33 bits per heavy atom. The molecular weight excluding hydrogens is 270 g/mol. The van der Waals surface area contributed by atoms with Gasteiger partial charge in [-0.25, -0.2) is 4.79 Å². The van der Waals surface area contributed by atoms with Crippen molar-refractivity contribution in [2.75, 3.05) is 20.2 Å². The van der Waals surface area contributed by atoms with Gasteiger partial charge in [-0.05, 0) is 48.7 Å². The van der Waals surface area contributed by atoms with Crippen LogP contribution in [0.5, 0.6) is 5.75 Å². The van der Waals surface area contributed by atoms with Gasteiger partial charge in [0, 0.05) is 19.2 Å². The fourth-order valence-electron chi connectivity index (χ4n) is 2.59. The van der Waals surface area contributed by atoms with Crippen molar-refractivity contribution in [1.29, 1.82) is 0 Å². The second-order valence-electron chi connectivity index (χ2n) is 5.27. The van der Waals surface area contributed by atoms with E-state index in [1.54, 1.807) is 13.2 Å². The molecule has 1 aliphatic rings. The van der Waals surface area contributed by atoms with E-state index in [2.05, 4.69) is 4.90 Å². The number of carboxylic acids is 1. The largest absolute Gasteiger partial charge is 0.497 e. The Kier molecular flexibility index (Phi) is 5.36. The Labute approximate surface area is 124 Å². The highest BCUT2D eigenvalue weighted by molar-refractivity contribution is 5.85. The van der Waals surface area contributed by atoms with E-state index in [0.29, 0.717) is 13.1 Å². The number of carbonyl (C=O) groups is 1. The molecule has 1 aliphatic heterocycles. The maximum atomic E-state index is 10.7. The van der Waals surface area contributed by atoms with E-state index in [-0.39, 0.29) is 6.10 Å². The third-order valence-electron chi connectivity index (χ3n) is 3.63. The summed E-state index contributed by atoms with van der Waals surface area (Å²) >= 11 is 0. The Morgan fingerprint density at radius 3 is 3.00 bits per heavy atom. The molecular formula is C16H21NO4. The van der Waals surface area contributed by atoms with Crippen molar-refractivity contribution >= 4 is 12.0 Å². The first-order valence-corrected chi connectivity index (χ1v) is 7.07. The van der Waals surface area contributed by atoms with Gasteiger partial charge < -0.3 is 14.9 Å². The van der Waals surface area contributed by atoms with Crippen LogP contribution in [-0.4, -0.2) is 47.4 Å². The number of ether oxygens (including phenoxy) is 1. The SMILES string of the molecule is COc1ccc(C=CC(=O)O)c(CN2CCCC(O)C2)c1. The molecule has 0 radical (unpaired) electrons. The molecule has 1 aromatic carbocycles. The van der Waals surface area contributed by atoms with Crippen molar-refractivity contribution in [1.82, 2.24) is 4.90 Å². The van der Waals surface area contributed by atoms with Crippen LogP contribution in [0.4, 0.5) is 0 Å². The monoisotopic (exact) mass is 291 g/mol. The molecule has 0 saturated carbocycles. The van der Waals surface area contributed by atoms with Crippen LogP contribution >= 0.6 is 0 Å². The van der Waals surface area contributed by atoms with Crippen LogP contribution in [0.25, 0.3) is 6.08 Å². The molecule has 1 heterocycles. The molecule has 1 fully saturated rings. The van der Waals surface area contributed by atoms with Crippen LogP contribution in [-0.2, 0) is 11.3 Å². The fraction of sp³-hybridized carbons (Fsp3) is 0.438. The minimum absolute atomic E-state index is 0.276. The summed E-state index contributed by atoms with van der Waals surface area (Å²) in [5, 5.41) is 18.5. The summed E-state index contributed by atoms with van der Waals surface area (Å²) in [4.78, 5) is 12.9. The topological polar surface area (TPSA) is 70.0 Å². The molecule has 2 N–H and O–H groups in total. The minimum Gasteiger partial charge on any atom is -0.497 e. The van der Waals surface area contributed by atoms with Gasteiger partial charge in [-0.3, -0.25) is 4.90 Å². The standard InChI is InChI=1S/C16H21NO4/c1-21-15-6-4-12(5-7-16(19)20)13(9-15)10-17-8-2-3-14(18)11-17/h4-7,9,14,18H,2-3,8,10-11H2,1H3,(H,19,20). The Bertz CT molecular complexity index is 527. The van der Waals surface area contributed by atoms with Gasteiger partial charge in [0.2, 0.25) is 0 Å². The lowest BCUT2D eigenvalue weighted by Gasteiger charge is -2.30. The number of aliphatic hydroxyl groups excluding tert-OH is 1. The van der Waals surface area contributed by atoms with Crippen LogP contribution < -0.4 is 4.74 Å². The van der Waals surface area contributed by atoms with Gasteiger partial charge >= 0.3 is 5.97 Å². The van der Waals surface area contributed by atoms with Gasteiger partial charge in [0.25, 0.3) is 0 Å². The average molecular weight is 291 g/mol. The zero-order chi connectivity index (χ0) is 15.2. The third kappa shape index (κ3) is 4.58. The number of β-amino-alcohol motifs (C(OH)–C–C–N with tert-alkyl or cyclic N) is 1. The molecule has 1 unspecified atom stereocenters. The highest BCUT2D eigenvalue weighted by Gasteiger charge is 2.18. The molecule has 0 spiro atoms. The maximum Gasteiger partial charge on any atom is 0.328 e. The number of methoxy groups -OCH3 is 1. The Balaban J connectivity index is 2.19. The predicted molar refractivity (Wildman–Crippen MR) is 80.2 cm³/mol. The normalized spacial score (nSPS) is 19.8. The zero-order valence-electron chi connectivity index (χ0n) is 12.2. The lowest BCUT2D eigenvalue weighted by Crippen LogP contribution is -2.37. The van der Waals surface area contributed by atoms with Crippen LogP contribution in [0.3, 0.4) is 0 Å². The molecule has 1 atom stereocenters. The highest BCUT2D eigenvalue weighted by atomic mass is 16.5. The Hall–Kier alpha value is -1.85. The second kappa shape index (κ2) is 7.24. The molecule has 0 aromatic heterocycles. The van der Waals surface area contributed by atoms with Crippen LogP contribution in [0, 0.1) is 0 Å². The highest BCUT2D eigenvalue weighted by Crippen LogP contribution is 2.22. The van der Waals surface area contributed by atoms with E-state index < -0.39 is 5.97 Å². The smallest absolute Gasteiger partial charge is 0.328 e. The zero-order valence-corrected chi connectivity index (χ0v) is 12.2. The molecule has 2 rings (SSSR count). The van der Waals surface area contributed by atoms with Gasteiger partial charge in [0.05, 0.1) is 13.2 Å². The quantitative estimate of drug-likeness (QED) is 0.809. The van der Waals surface area contributed by atoms with E-state index in [1.165, 1.54) is 0 Å². The molecule has 21 heavy (non-hydrogen) atoms. The van der Waals surface area contributed by atoms with Gasteiger partial charge in [0.1, 0.15) is 5.75 Å². The summed E-state index contributed by atoms with van der Waals surface area (Å²) in [6, 6.07) is 5.59. The summed E-state index contributed by atoms with van der Waals surface area (Å²) in [5.74, 6) is -0.222. The molecule has 5 heteroatoms. The molecule has 0 amide bonds. The van der Waals surface area contributed by atoms with Crippen LogP contribution in [0.2, 0.25) is 0 Å². The summed E-state index contributed by atoms with van der Waals surface area (Å²) in [7, 11) is 1.61. The van der Waals surface area contributed by atoms with E-state index in [4.69, 9.17) is 9.84 Å². The van der Waals surface area contributed by atoms with Gasteiger partial charge in [-0.2, -0.15) is 0 Å². The number of carboxylic acid groups (broad SMARTS) is 1. The molecule has 5 nitrogen and oxygen atoms in total. The molecule has 0 aliphatic carbocycles. The molecule has 0 bridgehead atoms. The third-order valence-corrected chi connectivity index (χ3v) is 3.63. The number of aliphatic hydroxyl groups is 1. The predicted octanol–water partition coefficient (Wildman–Crippen LogP) is 1.75. The van der Waals surface area contributed by atoms with E-state index in [0.717, 1.165) is 42.3 Å². The second-order valence-corrected chi connectivity index (χ2v) is 5.27. The number of rotatable bonds is 5. The van der Waals surface area contributed by atoms with E-state index in [1.807, 2.05) is 18.2 Å². The van der Waals surface area contributed by atoms with Gasteiger partial charge in [-0.1, -0.05) is 6.07 Å². The van der Waals surface area contributed by atoms with Crippen molar-refractivity contribution in [2.45, 2.75) is 25.5 Å². The van der Waals surface area contributed by atoms with Crippen molar-refractivity contribution < 1.29 is 19.7 Å². The summed E-state index contributed by atoms with van der Waals surface area (Å²) in [5.41, 5.74) is 1.86. The van der Waals surface area contributed by atoms with Crippen LogP contribution in [0.15, 0.2) is 24.3 Å². The lowest BCUT2D eigenvalue weighted by molar-refractivity contribution is -0.131. The van der Waals surface area contributed by atoms with E-state index >= 15 is 0 Å². The van der Waals surface area contributed by atoms with Crippen LogP contribution in [0.1, 0.15) is 24.0 Å². The average Bonchev–Trinajstić information content (AvgIpc) is 2.45. The summed E-state index contributed by atoms with van der Waals surface area (Å²) in [6.45, 7) is 2.27. The van der Waals surface area contributed by atoms with Crippen molar-refractivity contribution in [3.63, 3.8) is 0 Å². The number of hydrogen-bond donors (Lipinski definition) is 2. The molecule has 114 valence electrons. The molecule has 1 saturated heterocycles. The lowest BCUT2D eigenvalue weighted by atomic mass is 10.0. The number of nitrogens with zero attached hydrogens (tertiary/aromatic N) is 1. The maximum absolute atomic E-state index is 10.7. The van der Waals surface area contributed by atoms with E-state index in [9.17, 15) is 9.90 Å². The number of hydrogen-bond acceptors (Lipinski definition) is 4. The van der Waals surface area contributed by atoms with Gasteiger partial charge in [-0.15, -0.1) is 0 Å². The van der Waals surface area contributed by atoms with Crippen molar-refractivity contribution in [3.8, 4) is 5.75 Å². The number of piperidine rings is 1. The minimum atomic E-state index is -0.967. The van der Waals surface area contributed by atoms with Crippen molar-refractivity contribution in [3.05, 3.63) is 35.4 Å². The molecule has 1 aromatic rings.